The third-order valence-electron chi connectivity index (χ3n) is 4.74. The minimum atomic E-state index is -0.171. The minimum Gasteiger partial charge on any atom is -0.333 e. The van der Waals surface area contributed by atoms with Crippen LogP contribution in [0.4, 0.5) is 5.82 Å². The van der Waals surface area contributed by atoms with Gasteiger partial charge in [0.2, 0.25) is 5.91 Å². The van der Waals surface area contributed by atoms with Crippen LogP contribution in [0.2, 0.25) is 0 Å². The number of likely N-dealkylation sites (tertiary alicyclic amines) is 1. The largest absolute Gasteiger partial charge is 0.333 e. The molecule has 3 heterocycles. The van der Waals surface area contributed by atoms with Crippen LogP contribution in [0, 0.1) is 0 Å². The average molecular weight is 316 g/mol. The van der Waals surface area contributed by atoms with E-state index in [1.165, 1.54) is 0 Å². The van der Waals surface area contributed by atoms with Crippen molar-refractivity contribution in [2.24, 2.45) is 7.05 Å². The molecular formula is C16H24N6O. The number of aryl methyl sites for hydroxylation is 1. The van der Waals surface area contributed by atoms with Crippen LogP contribution in [-0.2, 0) is 11.8 Å². The summed E-state index contributed by atoms with van der Waals surface area (Å²) in [5.41, 5.74) is 0.781. The average Bonchev–Trinajstić information content (AvgIpc) is 3.20. The molecule has 2 N–H and O–H groups in total. The van der Waals surface area contributed by atoms with E-state index < -0.39 is 0 Å². The Hall–Kier alpha value is -2.15. The van der Waals surface area contributed by atoms with Gasteiger partial charge in [-0.05, 0) is 33.6 Å². The number of nitrogens with zero attached hydrogens (tertiary/aromatic N) is 4. The summed E-state index contributed by atoms with van der Waals surface area (Å²) in [6.07, 6.45) is 5.88. The lowest BCUT2D eigenvalue weighted by atomic mass is 10.2. The van der Waals surface area contributed by atoms with E-state index in [9.17, 15) is 4.79 Å². The zero-order chi connectivity index (χ0) is 16.6. The lowest BCUT2D eigenvalue weighted by Gasteiger charge is -2.31. The molecule has 7 nitrogen and oxygen atoms in total. The molecule has 0 spiro atoms. The van der Waals surface area contributed by atoms with Crippen LogP contribution in [0.25, 0.3) is 11.5 Å². The second kappa shape index (κ2) is 6.16. The molecule has 1 aliphatic rings. The topological polar surface area (TPSA) is 78.8 Å². The first-order valence-corrected chi connectivity index (χ1v) is 8.08. The molecule has 2 aromatic heterocycles. The number of amides is 1. The molecule has 3 atom stereocenters. The highest BCUT2D eigenvalue weighted by Gasteiger charge is 2.34. The van der Waals surface area contributed by atoms with Gasteiger partial charge in [0.1, 0.15) is 5.69 Å². The van der Waals surface area contributed by atoms with E-state index in [-0.39, 0.29) is 11.9 Å². The Morgan fingerprint density at radius 2 is 2.09 bits per heavy atom. The third kappa shape index (κ3) is 3.01. The van der Waals surface area contributed by atoms with Gasteiger partial charge in [-0.25, -0.2) is 4.98 Å². The quantitative estimate of drug-likeness (QED) is 0.904. The molecule has 0 aliphatic carbocycles. The first-order chi connectivity index (χ1) is 11.0. The Morgan fingerprint density at radius 1 is 1.39 bits per heavy atom. The highest BCUT2D eigenvalue weighted by molar-refractivity contribution is 5.94. The fourth-order valence-corrected chi connectivity index (χ4v) is 3.47. The van der Waals surface area contributed by atoms with Crippen molar-refractivity contribution in [3.05, 3.63) is 18.5 Å². The summed E-state index contributed by atoms with van der Waals surface area (Å²) in [6.45, 7) is 6.32. The van der Waals surface area contributed by atoms with E-state index in [4.69, 9.17) is 0 Å². The van der Waals surface area contributed by atoms with Crippen molar-refractivity contribution in [1.29, 1.82) is 0 Å². The van der Waals surface area contributed by atoms with Crippen molar-refractivity contribution < 1.29 is 4.79 Å². The number of aromatic amines is 1. The van der Waals surface area contributed by atoms with E-state index in [1.54, 1.807) is 6.20 Å². The van der Waals surface area contributed by atoms with Crippen molar-refractivity contribution in [3.8, 4) is 11.5 Å². The molecular weight excluding hydrogens is 292 g/mol. The molecule has 3 unspecified atom stereocenters. The zero-order valence-electron chi connectivity index (χ0n) is 14.1. The SMILES string of the molecule is CC1CCC(C)N1C(C)C(=O)Nc1cc(-c2nccn2C)[nH]n1. The molecule has 124 valence electrons. The van der Waals surface area contributed by atoms with Crippen LogP contribution < -0.4 is 5.32 Å². The number of nitrogens with one attached hydrogen (secondary N) is 2. The number of carbonyl (C=O) groups is 1. The summed E-state index contributed by atoms with van der Waals surface area (Å²) in [5.74, 6) is 1.29. The maximum absolute atomic E-state index is 12.5. The molecule has 23 heavy (non-hydrogen) atoms. The molecule has 0 radical (unpaired) electrons. The van der Waals surface area contributed by atoms with Crippen molar-refractivity contribution in [1.82, 2.24) is 24.6 Å². The maximum Gasteiger partial charge on any atom is 0.242 e. The number of hydrogen-bond acceptors (Lipinski definition) is 4. The van der Waals surface area contributed by atoms with Crippen molar-refractivity contribution >= 4 is 11.7 Å². The number of rotatable bonds is 4. The number of aromatic nitrogens is 4. The summed E-state index contributed by atoms with van der Waals surface area (Å²) >= 11 is 0. The van der Waals surface area contributed by atoms with Crippen molar-refractivity contribution in [2.45, 2.75) is 51.7 Å². The maximum atomic E-state index is 12.5. The van der Waals surface area contributed by atoms with Gasteiger partial charge in [-0.2, -0.15) is 5.10 Å². The smallest absolute Gasteiger partial charge is 0.242 e. The van der Waals surface area contributed by atoms with E-state index in [0.717, 1.165) is 24.4 Å². The fraction of sp³-hybridized carbons (Fsp3) is 0.562. The Labute approximate surface area is 136 Å². The molecule has 2 aromatic rings. The van der Waals surface area contributed by atoms with E-state index >= 15 is 0 Å². The second-order valence-electron chi connectivity index (χ2n) is 6.42. The van der Waals surface area contributed by atoms with Crippen LogP contribution in [0.3, 0.4) is 0 Å². The summed E-state index contributed by atoms with van der Waals surface area (Å²) in [6, 6.07) is 2.51. The van der Waals surface area contributed by atoms with Gasteiger partial charge in [0.25, 0.3) is 0 Å². The van der Waals surface area contributed by atoms with Gasteiger partial charge >= 0.3 is 0 Å². The number of carbonyl (C=O) groups excluding carboxylic acids is 1. The molecule has 7 heteroatoms. The molecule has 0 bridgehead atoms. The lowest BCUT2D eigenvalue weighted by molar-refractivity contribution is -0.121. The summed E-state index contributed by atoms with van der Waals surface area (Å²) in [7, 11) is 1.92. The van der Waals surface area contributed by atoms with Crippen LogP contribution in [0.5, 0.6) is 0 Å². The molecule has 1 saturated heterocycles. The van der Waals surface area contributed by atoms with Crippen molar-refractivity contribution in [2.75, 3.05) is 5.32 Å². The van der Waals surface area contributed by atoms with Gasteiger partial charge in [0.05, 0.1) is 6.04 Å². The van der Waals surface area contributed by atoms with Gasteiger partial charge in [-0.1, -0.05) is 0 Å². The van der Waals surface area contributed by atoms with E-state index in [1.807, 2.05) is 30.8 Å². The number of H-pyrrole nitrogens is 1. The Morgan fingerprint density at radius 3 is 2.70 bits per heavy atom. The normalized spacial score (nSPS) is 23.1. The van der Waals surface area contributed by atoms with Gasteiger partial charge in [0.15, 0.2) is 11.6 Å². The summed E-state index contributed by atoms with van der Waals surface area (Å²) in [4.78, 5) is 19.1. The van der Waals surface area contributed by atoms with Crippen LogP contribution in [0.15, 0.2) is 18.5 Å². The predicted octanol–water partition coefficient (Wildman–Crippen LogP) is 2.01. The summed E-state index contributed by atoms with van der Waals surface area (Å²) in [5, 5.41) is 9.99. The molecule has 1 aliphatic heterocycles. The molecule has 1 fully saturated rings. The first-order valence-electron chi connectivity index (χ1n) is 8.08. The van der Waals surface area contributed by atoms with Gasteiger partial charge in [-0.3, -0.25) is 14.8 Å². The fourth-order valence-electron chi connectivity index (χ4n) is 3.47. The van der Waals surface area contributed by atoms with Gasteiger partial charge < -0.3 is 9.88 Å². The number of imidazole rings is 1. The molecule has 0 saturated carbocycles. The lowest BCUT2D eigenvalue weighted by Crippen LogP contribution is -2.46. The van der Waals surface area contributed by atoms with E-state index in [0.29, 0.717) is 17.9 Å². The predicted molar refractivity (Wildman–Crippen MR) is 88.9 cm³/mol. The molecule has 1 amide bonds. The highest BCUT2D eigenvalue weighted by Crippen LogP contribution is 2.26. The highest BCUT2D eigenvalue weighted by atomic mass is 16.2. The minimum absolute atomic E-state index is 0.0245. The van der Waals surface area contributed by atoms with Crippen LogP contribution in [0.1, 0.15) is 33.6 Å². The van der Waals surface area contributed by atoms with Gasteiger partial charge in [0, 0.05) is 37.6 Å². The zero-order valence-corrected chi connectivity index (χ0v) is 14.1. The van der Waals surface area contributed by atoms with Gasteiger partial charge in [-0.15, -0.1) is 0 Å². The Balaban J connectivity index is 1.69. The monoisotopic (exact) mass is 316 g/mol. The number of anilines is 1. The Bertz CT molecular complexity index is 680. The van der Waals surface area contributed by atoms with Crippen molar-refractivity contribution in [3.63, 3.8) is 0 Å². The first kappa shape index (κ1) is 15.7. The summed E-state index contributed by atoms with van der Waals surface area (Å²) < 4.78 is 1.90. The Kier molecular flexibility index (Phi) is 4.21. The van der Waals surface area contributed by atoms with Crippen LogP contribution >= 0.6 is 0 Å². The molecule has 0 aromatic carbocycles. The molecule has 3 rings (SSSR count). The third-order valence-corrected chi connectivity index (χ3v) is 4.74. The standard InChI is InChI=1S/C16H24N6O/c1-10-5-6-11(2)22(10)12(3)16(23)18-14-9-13(19-20-14)15-17-7-8-21(15)4/h7-12H,5-6H2,1-4H3,(H2,18,19,20,23). The van der Waals surface area contributed by atoms with E-state index in [2.05, 4.69) is 39.2 Å². The second-order valence-corrected chi connectivity index (χ2v) is 6.42. The van der Waals surface area contributed by atoms with Crippen LogP contribution in [-0.4, -0.2) is 48.7 Å². The number of hydrogen-bond donors (Lipinski definition) is 2.